The summed E-state index contributed by atoms with van der Waals surface area (Å²) in [6.45, 7) is 6.10. The fourth-order valence-electron chi connectivity index (χ4n) is 1.99. The Morgan fingerprint density at radius 1 is 1.47 bits per heavy atom. The molecule has 0 spiro atoms. The summed E-state index contributed by atoms with van der Waals surface area (Å²) >= 11 is 1.53. The van der Waals surface area contributed by atoms with Crippen LogP contribution in [0.15, 0.2) is 6.20 Å². The Kier molecular flexibility index (Phi) is 5.12. The summed E-state index contributed by atoms with van der Waals surface area (Å²) in [4.78, 5) is 20.7. The third-order valence-corrected chi connectivity index (χ3v) is 3.98. The molecule has 7 heteroatoms. The molecule has 0 atom stereocenters. The normalized spacial score (nSPS) is 16.6. The molecule has 6 nitrogen and oxygen atoms in total. The number of aliphatic hydroxyl groups is 1. The van der Waals surface area contributed by atoms with Crippen LogP contribution in [0.4, 0.5) is 4.79 Å². The number of rotatable bonds is 4. The fourth-order valence-corrected chi connectivity index (χ4v) is 2.81. The quantitative estimate of drug-likeness (QED) is 0.890. The molecule has 1 aromatic rings. The zero-order valence-corrected chi connectivity index (χ0v) is 11.9. The first-order valence-electron chi connectivity index (χ1n) is 6.41. The number of ether oxygens (including phenoxy) is 1. The second-order valence-corrected chi connectivity index (χ2v) is 5.54. The summed E-state index contributed by atoms with van der Waals surface area (Å²) in [7, 11) is 0. The lowest BCUT2D eigenvalue weighted by atomic mass is 10.3. The number of aliphatic hydroxyl groups excluding tert-OH is 1. The Hall–Kier alpha value is -1.18. The van der Waals surface area contributed by atoms with E-state index in [0.717, 1.165) is 29.5 Å². The van der Waals surface area contributed by atoms with Gasteiger partial charge in [-0.3, -0.25) is 4.90 Å². The Morgan fingerprint density at radius 2 is 2.21 bits per heavy atom. The van der Waals surface area contributed by atoms with Gasteiger partial charge in [-0.1, -0.05) is 0 Å². The van der Waals surface area contributed by atoms with Gasteiger partial charge in [0.15, 0.2) is 0 Å². The molecule has 1 amide bonds. The van der Waals surface area contributed by atoms with Gasteiger partial charge < -0.3 is 14.7 Å². The molecule has 1 N–H and O–H groups in total. The van der Waals surface area contributed by atoms with Gasteiger partial charge in [-0.05, 0) is 6.92 Å². The summed E-state index contributed by atoms with van der Waals surface area (Å²) in [5.74, 6) is 0. The van der Waals surface area contributed by atoms with Crippen molar-refractivity contribution in [1.29, 1.82) is 0 Å². The van der Waals surface area contributed by atoms with Gasteiger partial charge in [-0.2, -0.15) is 0 Å². The number of piperazine rings is 1. The van der Waals surface area contributed by atoms with Crippen LogP contribution < -0.4 is 0 Å². The van der Waals surface area contributed by atoms with Crippen LogP contribution in [-0.4, -0.2) is 58.8 Å². The Morgan fingerprint density at radius 3 is 2.79 bits per heavy atom. The second-order valence-electron chi connectivity index (χ2n) is 4.34. The zero-order valence-electron chi connectivity index (χ0n) is 11.0. The van der Waals surface area contributed by atoms with E-state index in [1.807, 2.05) is 6.92 Å². The van der Waals surface area contributed by atoms with E-state index in [1.165, 1.54) is 11.3 Å². The number of hydrogen-bond acceptors (Lipinski definition) is 6. The van der Waals surface area contributed by atoms with Crippen molar-refractivity contribution in [2.24, 2.45) is 0 Å². The molecular formula is C12H19N3O3S. The van der Waals surface area contributed by atoms with Crippen LogP contribution in [0.3, 0.4) is 0 Å². The van der Waals surface area contributed by atoms with Crippen LogP contribution in [0.2, 0.25) is 0 Å². The molecule has 0 aliphatic carbocycles. The Labute approximate surface area is 116 Å². The monoisotopic (exact) mass is 285 g/mol. The SMILES string of the molecule is CCOC(=O)N1CCN(Cc2ncc(CO)s2)CC1. The highest BCUT2D eigenvalue weighted by Crippen LogP contribution is 2.16. The van der Waals surface area contributed by atoms with E-state index >= 15 is 0 Å². The minimum atomic E-state index is -0.223. The average molecular weight is 285 g/mol. The number of hydrogen-bond donors (Lipinski definition) is 1. The number of thiazole rings is 1. The average Bonchev–Trinajstić information content (AvgIpc) is 2.87. The van der Waals surface area contributed by atoms with E-state index in [9.17, 15) is 4.79 Å². The predicted molar refractivity (Wildman–Crippen MR) is 71.9 cm³/mol. The van der Waals surface area contributed by atoms with Gasteiger partial charge in [0.1, 0.15) is 5.01 Å². The van der Waals surface area contributed by atoms with Crippen molar-refractivity contribution in [1.82, 2.24) is 14.8 Å². The van der Waals surface area contributed by atoms with E-state index in [-0.39, 0.29) is 12.7 Å². The van der Waals surface area contributed by atoms with Gasteiger partial charge in [0, 0.05) is 32.4 Å². The fraction of sp³-hybridized carbons (Fsp3) is 0.667. The van der Waals surface area contributed by atoms with Gasteiger partial charge in [-0.15, -0.1) is 11.3 Å². The van der Waals surface area contributed by atoms with E-state index in [2.05, 4.69) is 9.88 Å². The molecule has 0 radical (unpaired) electrons. The highest BCUT2D eigenvalue weighted by molar-refractivity contribution is 7.11. The summed E-state index contributed by atoms with van der Waals surface area (Å²) in [6, 6.07) is 0. The van der Waals surface area contributed by atoms with Crippen molar-refractivity contribution in [3.05, 3.63) is 16.1 Å². The molecule has 2 rings (SSSR count). The van der Waals surface area contributed by atoms with Crippen molar-refractivity contribution < 1.29 is 14.6 Å². The van der Waals surface area contributed by atoms with Gasteiger partial charge in [-0.25, -0.2) is 9.78 Å². The molecular weight excluding hydrogens is 266 g/mol. The lowest BCUT2D eigenvalue weighted by Crippen LogP contribution is -2.48. The maximum Gasteiger partial charge on any atom is 0.409 e. The molecule has 2 heterocycles. The van der Waals surface area contributed by atoms with E-state index in [4.69, 9.17) is 9.84 Å². The molecule has 1 fully saturated rings. The van der Waals surface area contributed by atoms with Crippen molar-refractivity contribution in [2.75, 3.05) is 32.8 Å². The molecule has 0 aromatic carbocycles. The van der Waals surface area contributed by atoms with E-state index < -0.39 is 0 Å². The van der Waals surface area contributed by atoms with Crippen LogP contribution >= 0.6 is 11.3 Å². The molecule has 0 bridgehead atoms. The first-order valence-corrected chi connectivity index (χ1v) is 7.23. The third kappa shape index (κ3) is 3.89. The lowest BCUT2D eigenvalue weighted by Gasteiger charge is -2.33. The Balaban J connectivity index is 1.78. The molecule has 1 aliphatic heterocycles. The van der Waals surface area contributed by atoms with Gasteiger partial charge in [0.2, 0.25) is 0 Å². The lowest BCUT2D eigenvalue weighted by molar-refractivity contribution is 0.0778. The van der Waals surface area contributed by atoms with Crippen LogP contribution in [0.25, 0.3) is 0 Å². The number of carbonyl (C=O) groups excluding carboxylic acids is 1. The topological polar surface area (TPSA) is 65.9 Å². The minimum Gasteiger partial charge on any atom is -0.450 e. The van der Waals surface area contributed by atoms with E-state index in [1.54, 1.807) is 11.1 Å². The van der Waals surface area contributed by atoms with Crippen LogP contribution in [0.1, 0.15) is 16.8 Å². The maximum atomic E-state index is 11.6. The summed E-state index contributed by atoms with van der Waals surface area (Å²) in [6.07, 6.45) is 1.49. The smallest absolute Gasteiger partial charge is 0.409 e. The molecule has 19 heavy (non-hydrogen) atoms. The third-order valence-electron chi connectivity index (χ3n) is 3.01. The first kappa shape index (κ1) is 14.2. The number of amides is 1. The highest BCUT2D eigenvalue weighted by atomic mass is 32.1. The standard InChI is InChI=1S/C12H19N3O3S/c1-2-18-12(17)15-5-3-14(4-6-15)8-11-13-7-10(9-16)19-11/h7,16H,2-6,8-9H2,1H3. The number of aromatic nitrogens is 1. The van der Waals surface area contributed by atoms with Crippen molar-refractivity contribution in [3.8, 4) is 0 Å². The van der Waals surface area contributed by atoms with Crippen LogP contribution in [-0.2, 0) is 17.9 Å². The number of carbonyl (C=O) groups is 1. The largest absolute Gasteiger partial charge is 0.450 e. The Bertz CT molecular complexity index is 416. The minimum absolute atomic E-state index is 0.0499. The van der Waals surface area contributed by atoms with Crippen molar-refractivity contribution in [3.63, 3.8) is 0 Å². The summed E-state index contributed by atoms with van der Waals surface area (Å²) in [5, 5.41) is 10.0. The van der Waals surface area contributed by atoms with Crippen LogP contribution in [0.5, 0.6) is 0 Å². The highest BCUT2D eigenvalue weighted by Gasteiger charge is 2.22. The van der Waals surface area contributed by atoms with E-state index in [0.29, 0.717) is 19.7 Å². The maximum absolute atomic E-state index is 11.6. The first-order chi connectivity index (χ1) is 9.22. The van der Waals surface area contributed by atoms with Crippen molar-refractivity contribution in [2.45, 2.75) is 20.1 Å². The second kappa shape index (κ2) is 6.83. The molecule has 106 valence electrons. The van der Waals surface area contributed by atoms with Gasteiger partial charge >= 0.3 is 6.09 Å². The molecule has 0 unspecified atom stereocenters. The zero-order chi connectivity index (χ0) is 13.7. The predicted octanol–water partition coefficient (Wildman–Crippen LogP) is 0.910. The summed E-state index contributed by atoms with van der Waals surface area (Å²) < 4.78 is 4.98. The van der Waals surface area contributed by atoms with Gasteiger partial charge in [0.05, 0.1) is 24.6 Å². The number of nitrogens with zero attached hydrogens (tertiary/aromatic N) is 3. The van der Waals surface area contributed by atoms with Gasteiger partial charge in [0.25, 0.3) is 0 Å². The molecule has 1 saturated heterocycles. The molecule has 0 saturated carbocycles. The van der Waals surface area contributed by atoms with Crippen LogP contribution in [0, 0.1) is 0 Å². The molecule has 1 aliphatic rings. The molecule has 1 aromatic heterocycles. The summed E-state index contributed by atoms with van der Waals surface area (Å²) in [5.41, 5.74) is 0. The van der Waals surface area contributed by atoms with Crippen molar-refractivity contribution >= 4 is 17.4 Å².